The SMILES string of the molecule is Cc1cc(C)c(N2C(=O)C[C@@H](Nc3cccc(C)c3C)C2=O)c(C)c1. The molecule has 1 fully saturated rings. The Morgan fingerprint density at radius 2 is 1.60 bits per heavy atom. The third-order valence-corrected chi connectivity index (χ3v) is 4.94. The number of nitrogens with zero attached hydrogens (tertiary/aromatic N) is 1. The Bertz CT molecular complexity index is 847. The Hall–Kier alpha value is -2.62. The minimum absolute atomic E-state index is 0.150. The van der Waals surface area contributed by atoms with Crippen LogP contribution in [0, 0.1) is 34.6 Å². The number of carbonyl (C=O) groups excluding carboxylic acids is 2. The van der Waals surface area contributed by atoms with Crippen molar-refractivity contribution in [2.45, 2.75) is 47.1 Å². The van der Waals surface area contributed by atoms with Crippen LogP contribution < -0.4 is 10.2 Å². The molecule has 1 saturated heterocycles. The molecule has 0 unspecified atom stereocenters. The van der Waals surface area contributed by atoms with Gasteiger partial charge in [0.05, 0.1) is 12.1 Å². The van der Waals surface area contributed by atoms with Crippen molar-refractivity contribution in [3.63, 3.8) is 0 Å². The second-order valence-electron chi connectivity index (χ2n) is 6.96. The second kappa shape index (κ2) is 6.36. The first-order valence-electron chi connectivity index (χ1n) is 8.57. The quantitative estimate of drug-likeness (QED) is 0.863. The zero-order valence-corrected chi connectivity index (χ0v) is 15.4. The van der Waals surface area contributed by atoms with Crippen molar-refractivity contribution in [2.75, 3.05) is 10.2 Å². The first-order chi connectivity index (χ1) is 11.8. The van der Waals surface area contributed by atoms with Crippen LogP contribution in [0.3, 0.4) is 0 Å². The van der Waals surface area contributed by atoms with E-state index in [-0.39, 0.29) is 18.2 Å². The molecule has 0 spiro atoms. The minimum Gasteiger partial charge on any atom is -0.373 e. The summed E-state index contributed by atoms with van der Waals surface area (Å²) >= 11 is 0. The summed E-state index contributed by atoms with van der Waals surface area (Å²) in [4.78, 5) is 26.9. The van der Waals surface area contributed by atoms with E-state index in [4.69, 9.17) is 0 Å². The summed E-state index contributed by atoms with van der Waals surface area (Å²) in [5.74, 6) is -0.330. The Balaban J connectivity index is 1.92. The van der Waals surface area contributed by atoms with Gasteiger partial charge in [0.2, 0.25) is 5.91 Å². The molecule has 25 heavy (non-hydrogen) atoms. The molecule has 0 aliphatic carbocycles. The number of anilines is 2. The largest absolute Gasteiger partial charge is 0.373 e. The van der Waals surface area contributed by atoms with Crippen molar-refractivity contribution in [1.29, 1.82) is 0 Å². The predicted molar refractivity (Wildman–Crippen MR) is 101 cm³/mol. The van der Waals surface area contributed by atoms with Crippen molar-refractivity contribution < 1.29 is 9.59 Å². The minimum atomic E-state index is -0.520. The molecule has 0 radical (unpaired) electrons. The fourth-order valence-electron chi connectivity index (χ4n) is 3.60. The molecule has 2 amide bonds. The highest BCUT2D eigenvalue weighted by Gasteiger charge is 2.40. The van der Waals surface area contributed by atoms with E-state index in [0.29, 0.717) is 0 Å². The monoisotopic (exact) mass is 336 g/mol. The third kappa shape index (κ3) is 3.04. The Labute approximate surface area is 148 Å². The standard InChI is InChI=1S/C21H24N2O2/c1-12-9-14(3)20(15(4)10-12)23-19(24)11-18(21(23)25)22-17-8-6-7-13(2)16(17)5/h6-10,18,22H,11H2,1-5H3/t18-/m1/s1. The zero-order valence-electron chi connectivity index (χ0n) is 15.4. The molecule has 2 aromatic rings. The summed E-state index contributed by atoms with van der Waals surface area (Å²) in [6, 6.07) is 9.44. The molecule has 0 saturated carbocycles. The number of imide groups is 1. The van der Waals surface area contributed by atoms with E-state index >= 15 is 0 Å². The number of carbonyl (C=O) groups is 2. The van der Waals surface area contributed by atoms with Crippen LogP contribution in [0.25, 0.3) is 0 Å². The lowest BCUT2D eigenvalue weighted by molar-refractivity contribution is -0.121. The lowest BCUT2D eigenvalue weighted by Crippen LogP contribution is -2.35. The van der Waals surface area contributed by atoms with Crippen LogP contribution in [0.2, 0.25) is 0 Å². The third-order valence-electron chi connectivity index (χ3n) is 4.94. The molecular weight excluding hydrogens is 312 g/mol. The van der Waals surface area contributed by atoms with E-state index in [1.54, 1.807) is 0 Å². The predicted octanol–water partition coefficient (Wildman–Crippen LogP) is 3.97. The van der Waals surface area contributed by atoms with Gasteiger partial charge in [-0.05, 0) is 62.9 Å². The maximum atomic E-state index is 12.9. The Morgan fingerprint density at radius 3 is 2.24 bits per heavy atom. The molecule has 4 nitrogen and oxygen atoms in total. The summed E-state index contributed by atoms with van der Waals surface area (Å²) in [6.07, 6.45) is 0.180. The molecule has 1 atom stereocenters. The number of benzene rings is 2. The molecule has 3 rings (SSSR count). The van der Waals surface area contributed by atoms with E-state index in [1.807, 2.05) is 65.0 Å². The number of hydrogen-bond donors (Lipinski definition) is 1. The fraction of sp³-hybridized carbons (Fsp3) is 0.333. The first-order valence-corrected chi connectivity index (χ1v) is 8.57. The van der Waals surface area contributed by atoms with Gasteiger partial charge in [0.1, 0.15) is 6.04 Å². The van der Waals surface area contributed by atoms with Crippen LogP contribution >= 0.6 is 0 Å². The van der Waals surface area contributed by atoms with Crippen LogP contribution in [-0.4, -0.2) is 17.9 Å². The van der Waals surface area contributed by atoms with Gasteiger partial charge in [-0.15, -0.1) is 0 Å². The van der Waals surface area contributed by atoms with Gasteiger partial charge in [-0.25, -0.2) is 4.90 Å². The second-order valence-corrected chi connectivity index (χ2v) is 6.96. The summed E-state index contributed by atoms with van der Waals surface area (Å²) in [7, 11) is 0. The topological polar surface area (TPSA) is 49.4 Å². The van der Waals surface area contributed by atoms with E-state index in [1.165, 1.54) is 4.90 Å². The average molecular weight is 336 g/mol. The molecule has 2 aromatic carbocycles. The highest BCUT2D eigenvalue weighted by Crippen LogP contribution is 2.32. The van der Waals surface area contributed by atoms with Gasteiger partial charge in [0, 0.05) is 5.69 Å². The molecule has 1 aliphatic rings. The number of hydrogen-bond acceptors (Lipinski definition) is 3. The van der Waals surface area contributed by atoms with Crippen molar-refractivity contribution in [3.05, 3.63) is 58.1 Å². The van der Waals surface area contributed by atoms with Crippen molar-refractivity contribution >= 4 is 23.2 Å². The van der Waals surface area contributed by atoms with Gasteiger partial charge in [0.15, 0.2) is 0 Å². The first kappa shape index (κ1) is 17.2. The normalized spacial score (nSPS) is 17.3. The fourth-order valence-corrected chi connectivity index (χ4v) is 3.60. The summed E-state index contributed by atoms with van der Waals surface area (Å²) in [5.41, 5.74) is 6.92. The number of nitrogens with one attached hydrogen (secondary N) is 1. The van der Waals surface area contributed by atoms with E-state index < -0.39 is 6.04 Å². The summed E-state index contributed by atoms with van der Waals surface area (Å²) in [5, 5.41) is 3.27. The summed E-state index contributed by atoms with van der Waals surface area (Å²) < 4.78 is 0. The van der Waals surface area contributed by atoms with Gasteiger partial charge in [-0.2, -0.15) is 0 Å². The van der Waals surface area contributed by atoms with E-state index in [2.05, 4.69) is 5.32 Å². The molecule has 0 aromatic heterocycles. The number of rotatable bonds is 3. The van der Waals surface area contributed by atoms with Gasteiger partial charge < -0.3 is 5.32 Å². The highest BCUT2D eigenvalue weighted by atomic mass is 16.2. The molecule has 4 heteroatoms. The molecule has 130 valence electrons. The lowest BCUT2D eigenvalue weighted by Gasteiger charge is -2.21. The lowest BCUT2D eigenvalue weighted by atomic mass is 10.0. The Morgan fingerprint density at radius 1 is 0.960 bits per heavy atom. The zero-order chi connectivity index (χ0) is 18.3. The van der Waals surface area contributed by atoms with Crippen molar-refractivity contribution in [3.8, 4) is 0 Å². The van der Waals surface area contributed by atoms with Crippen LogP contribution in [-0.2, 0) is 9.59 Å². The molecule has 1 heterocycles. The van der Waals surface area contributed by atoms with Crippen LogP contribution in [0.5, 0.6) is 0 Å². The van der Waals surface area contributed by atoms with Gasteiger partial charge in [-0.1, -0.05) is 29.8 Å². The van der Waals surface area contributed by atoms with E-state index in [9.17, 15) is 9.59 Å². The van der Waals surface area contributed by atoms with Gasteiger partial charge in [-0.3, -0.25) is 9.59 Å². The number of aryl methyl sites for hydroxylation is 4. The van der Waals surface area contributed by atoms with Crippen molar-refractivity contribution in [1.82, 2.24) is 0 Å². The summed E-state index contributed by atoms with van der Waals surface area (Å²) in [6.45, 7) is 9.96. The van der Waals surface area contributed by atoms with Crippen LogP contribution in [0.15, 0.2) is 30.3 Å². The smallest absolute Gasteiger partial charge is 0.256 e. The highest BCUT2D eigenvalue weighted by molar-refractivity contribution is 6.23. The van der Waals surface area contributed by atoms with Crippen LogP contribution in [0.1, 0.15) is 34.2 Å². The van der Waals surface area contributed by atoms with E-state index in [0.717, 1.165) is 39.2 Å². The molecule has 0 bridgehead atoms. The van der Waals surface area contributed by atoms with Gasteiger partial charge in [0.25, 0.3) is 5.91 Å². The van der Waals surface area contributed by atoms with Crippen LogP contribution in [0.4, 0.5) is 11.4 Å². The molecular formula is C21H24N2O2. The number of amides is 2. The molecule has 1 aliphatic heterocycles. The molecule has 1 N–H and O–H groups in total. The Kier molecular flexibility index (Phi) is 4.38. The van der Waals surface area contributed by atoms with Gasteiger partial charge >= 0.3 is 0 Å². The maximum absolute atomic E-state index is 12.9. The average Bonchev–Trinajstić information content (AvgIpc) is 2.79. The van der Waals surface area contributed by atoms with Crippen molar-refractivity contribution in [2.24, 2.45) is 0 Å². The maximum Gasteiger partial charge on any atom is 0.256 e.